The molecule has 1 aliphatic rings. The molecule has 1 heterocycles. The minimum atomic E-state index is -0.247. The molecule has 2 nitrogen and oxygen atoms in total. The van der Waals surface area contributed by atoms with Crippen molar-refractivity contribution >= 4 is 11.4 Å². The van der Waals surface area contributed by atoms with Crippen LogP contribution in [0.1, 0.15) is 20.3 Å². The van der Waals surface area contributed by atoms with E-state index >= 15 is 0 Å². The van der Waals surface area contributed by atoms with Gasteiger partial charge in [0.15, 0.2) is 0 Å². The molecule has 0 radical (unpaired) electrons. The number of nitrogen functional groups attached to an aromatic ring is 1. The largest absolute Gasteiger partial charge is 0.399 e. The molecule has 88 valence electrons. The average molecular weight is 222 g/mol. The molecule has 0 spiro atoms. The minimum Gasteiger partial charge on any atom is -0.399 e. The predicted molar refractivity (Wildman–Crippen MR) is 66.0 cm³/mol. The van der Waals surface area contributed by atoms with Crippen LogP contribution in [-0.2, 0) is 0 Å². The molecule has 1 atom stereocenters. The van der Waals surface area contributed by atoms with Crippen molar-refractivity contribution in [2.24, 2.45) is 11.8 Å². The maximum Gasteiger partial charge on any atom is 0.127 e. The van der Waals surface area contributed by atoms with Crippen molar-refractivity contribution in [3.63, 3.8) is 0 Å². The van der Waals surface area contributed by atoms with E-state index in [1.54, 1.807) is 6.07 Å². The zero-order valence-corrected chi connectivity index (χ0v) is 9.91. The van der Waals surface area contributed by atoms with E-state index < -0.39 is 0 Å². The van der Waals surface area contributed by atoms with Crippen molar-refractivity contribution in [2.45, 2.75) is 20.3 Å². The van der Waals surface area contributed by atoms with Crippen LogP contribution in [0.25, 0.3) is 0 Å². The summed E-state index contributed by atoms with van der Waals surface area (Å²) < 4.78 is 13.2. The summed E-state index contributed by atoms with van der Waals surface area (Å²) in [5.74, 6) is 1.16. The molecular formula is C13H19FN2. The summed E-state index contributed by atoms with van der Waals surface area (Å²) in [5, 5.41) is 0. The van der Waals surface area contributed by atoms with Crippen LogP contribution in [0.3, 0.4) is 0 Å². The Hall–Kier alpha value is -1.25. The van der Waals surface area contributed by atoms with Gasteiger partial charge in [0.2, 0.25) is 0 Å². The molecule has 1 aliphatic heterocycles. The van der Waals surface area contributed by atoms with E-state index in [0.717, 1.165) is 18.8 Å². The Labute approximate surface area is 96.2 Å². The first kappa shape index (κ1) is 11.2. The third-order valence-electron chi connectivity index (χ3n) is 3.44. The molecule has 16 heavy (non-hydrogen) atoms. The molecule has 0 bridgehead atoms. The molecule has 2 N–H and O–H groups in total. The monoisotopic (exact) mass is 222 g/mol. The zero-order valence-electron chi connectivity index (χ0n) is 9.91. The van der Waals surface area contributed by atoms with Gasteiger partial charge >= 0.3 is 0 Å². The molecule has 3 heteroatoms. The Bertz CT molecular complexity index is 356. The third-order valence-corrected chi connectivity index (χ3v) is 3.44. The van der Waals surface area contributed by atoms with Crippen LogP contribution in [0.5, 0.6) is 0 Å². The van der Waals surface area contributed by atoms with E-state index in [4.69, 9.17) is 5.73 Å². The summed E-state index contributed by atoms with van der Waals surface area (Å²) in [4.78, 5) is 2.23. The number of benzene rings is 1. The van der Waals surface area contributed by atoms with Gasteiger partial charge in [0.1, 0.15) is 5.82 Å². The standard InChI is InChI=1S/C13H19FN2/c1-9(2)10-3-4-16(8-10)13-6-11(14)5-12(15)7-13/h5-7,9-10H,3-4,8,15H2,1-2H3. The highest BCUT2D eigenvalue weighted by atomic mass is 19.1. The van der Waals surface area contributed by atoms with Crippen LogP contribution in [0.4, 0.5) is 15.8 Å². The van der Waals surface area contributed by atoms with E-state index in [1.165, 1.54) is 12.5 Å². The lowest BCUT2D eigenvalue weighted by Crippen LogP contribution is -2.21. The second-order valence-corrected chi connectivity index (χ2v) is 4.98. The summed E-state index contributed by atoms with van der Waals surface area (Å²) in [5.41, 5.74) is 7.07. The summed E-state index contributed by atoms with van der Waals surface area (Å²) >= 11 is 0. The molecule has 0 aromatic heterocycles. The summed E-state index contributed by atoms with van der Waals surface area (Å²) in [7, 11) is 0. The zero-order chi connectivity index (χ0) is 11.7. The number of nitrogens with zero attached hydrogens (tertiary/aromatic N) is 1. The van der Waals surface area contributed by atoms with Crippen molar-refractivity contribution in [2.75, 3.05) is 23.7 Å². The van der Waals surface area contributed by atoms with Gasteiger partial charge < -0.3 is 10.6 Å². The van der Waals surface area contributed by atoms with Crippen LogP contribution in [0, 0.1) is 17.7 Å². The summed E-state index contributed by atoms with van der Waals surface area (Å²) in [6, 6.07) is 4.78. The van der Waals surface area contributed by atoms with E-state index in [2.05, 4.69) is 18.7 Å². The van der Waals surface area contributed by atoms with Gasteiger partial charge in [-0.1, -0.05) is 13.8 Å². The van der Waals surface area contributed by atoms with Crippen LogP contribution in [0.15, 0.2) is 18.2 Å². The molecule has 1 fully saturated rings. The number of anilines is 2. The van der Waals surface area contributed by atoms with E-state index in [-0.39, 0.29) is 5.82 Å². The van der Waals surface area contributed by atoms with Crippen LogP contribution < -0.4 is 10.6 Å². The number of nitrogens with two attached hydrogens (primary N) is 1. The van der Waals surface area contributed by atoms with Gasteiger partial charge in [-0.25, -0.2) is 4.39 Å². The molecule has 0 saturated carbocycles. The Morgan fingerprint density at radius 3 is 2.69 bits per heavy atom. The second-order valence-electron chi connectivity index (χ2n) is 4.98. The third kappa shape index (κ3) is 2.29. The quantitative estimate of drug-likeness (QED) is 0.780. The summed E-state index contributed by atoms with van der Waals surface area (Å²) in [6.45, 7) is 6.51. The molecule has 0 aliphatic carbocycles. The molecule has 0 amide bonds. The van der Waals surface area contributed by atoms with Gasteiger partial charge in [-0.2, -0.15) is 0 Å². The fraction of sp³-hybridized carbons (Fsp3) is 0.538. The first-order valence-electron chi connectivity index (χ1n) is 5.87. The maximum atomic E-state index is 13.2. The van der Waals surface area contributed by atoms with Crippen molar-refractivity contribution in [3.8, 4) is 0 Å². The Morgan fingerprint density at radius 1 is 1.38 bits per heavy atom. The van der Waals surface area contributed by atoms with Crippen molar-refractivity contribution in [1.82, 2.24) is 0 Å². The fourth-order valence-corrected chi connectivity index (χ4v) is 2.34. The van der Waals surface area contributed by atoms with Crippen LogP contribution in [0.2, 0.25) is 0 Å². The van der Waals surface area contributed by atoms with E-state index in [1.807, 2.05) is 6.07 Å². The van der Waals surface area contributed by atoms with Gasteiger partial charge in [-0.05, 0) is 36.5 Å². The van der Waals surface area contributed by atoms with Gasteiger partial charge in [0, 0.05) is 24.5 Å². The highest BCUT2D eigenvalue weighted by molar-refractivity contribution is 5.56. The van der Waals surface area contributed by atoms with Crippen LogP contribution >= 0.6 is 0 Å². The topological polar surface area (TPSA) is 29.3 Å². The molecule has 1 aromatic rings. The van der Waals surface area contributed by atoms with Crippen molar-refractivity contribution in [3.05, 3.63) is 24.0 Å². The minimum absolute atomic E-state index is 0.247. The van der Waals surface area contributed by atoms with E-state index in [0.29, 0.717) is 17.5 Å². The highest BCUT2D eigenvalue weighted by Gasteiger charge is 2.25. The molecule has 1 unspecified atom stereocenters. The van der Waals surface area contributed by atoms with Crippen molar-refractivity contribution < 1.29 is 4.39 Å². The lowest BCUT2D eigenvalue weighted by Gasteiger charge is -2.20. The maximum absolute atomic E-state index is 13.2. The van der Waals surface area contributed by atoms with Gasteiger partial charge in [0.05, 0.1) is 0 Å². The SMILES string of the molecule is CC(C)C1CCN(c2cc(N)cc(F)c2)C1. The highest BCUT2D eigenvalue weighted by Crippen LogP contribution is 2.29. The predicted octanol–water partition coefficient (Wildman–Crippen LogP) is 2.89. The lowest BCUT2D eigenvalue weighted by atomic mass is 9.95. The molecule has 1 saturated heterocycles. The normalized spacial score (nSPS) is 20.8. The first-order valence-corrected chi connectivity index (χ1v) is 5.87. The van der Waals surface area contributed by atoms with Gasteiger partial charge in [0.25, 0.3) is 0 Å². The van der Waals surface area contributed by atoms with Gasteiger partial charge in [-0.15, -0.1) is 0 Å². The fourth-order valence-electron chi connectivity index (χ4n) is 2.34. The smallest absolute Gasteiger partial charge is 0.127 e. The Kier molecular flexibility index (Phi) is 3.03. The van der Waals surface area contributed by atoms with Crippen molar-refractivity contribution in [1.29, 1.82) is 0 Å². The number of hydrogen-bond acceptors (Lipinski definition) is 2. The second kappa shape index (κ2) is 4.32. The first-order chi connectivity index (χ1) is 7.56. The summed E-state index contributed by atoms with van der Waals surface area (Å²) in [6.07, 6.45) is 1.19. The number of hydrogen-bond donors (Lipinski definition) is 1. The molecular weight excluding hydrogens is 203 g/mol. The van der Waals surface area contributed by atoms with Crippen LogP contribution in [-0.4, -0.2) is 13.1 Å². The molecule has 2 rings (SSSR count). The Balaban J connectivity index is 2.14. The Morgan fingerprint density at radius 2 is 2.12 bits per heavy atom. The lowest BCUT2D eigenvalue weighted by molar-refractivity contribution is 0.423. The van der Waals surface area contributed by atoms with E-state index in [9.17, 15) is 4.39 Å². The van der Waals surface area contributed by atoms with Gasteiger partial charge in [-0.3, -0.25) is 0 Å². The number of halogens is 1. The average Bonchev–Trinajstić information content (AvgIpc) is 2.64. The number of rotatable bonds is 2. The molecule has 1 aromatic carbocycles.